The lowest BCUT2D eigenvalue weighted by atomic mass is 9.93. The van der Waals surface area contributed by atoms with E-state index in [1.165, 1.54) is 23.7 Å². The summed E-state index contributed by atoms with van der Waals surface area (Å²) in [6, 6.07) is 6.05. The number of likely N-dealkylation sites (tertiary alicyclic amines) is 1. The Labute approximate surface area is 182 Å². The summed E-state index contributed by atoms with van der Waals surface area (Å²) in [6.45, 7) is 2.87. The number of H-pyrrole nitrogens is 1. The fourth-order valence-corrected chi connectivity index (χ4v) is 4.21. The van der Waals surface area contributed by atoms with Gasteiger partial charge in [-0.25, -0.2) is 9.78 Å². The number of amides is 1. The van der Waals surface area contributed by atoms with Crippen molar-refractivity contribution < 1.29 is 9.72 Å². The predicted octanol–water partition coefficient (Wildman–Crippen LogP) is 1.38. The summed E-state index contributed by atoms with van der Waals surface area (Å²) in [7, 11) is 3.01. The van der Waals surface area contributed by atoms with Gasteiger partial charge in [0.2, 0.25) is 5.91 Å². The summed E-state index contributed by atoms with van der Waals surface area (Å²) in [5.74, 6) is 0.254. The van der Waals surface area contributed by atoms with Crippen molar-refractivity contribution in [3.05, 3.63) is 66.6 Å². The first-order valence-corrected chi connectivity index (χ1v) is 10.4. The van der Waals surface area contributed by atoms with Gasteiger partial charge < -0.3 is 9.88 Å². The molecule has 11 nitrogen and oxygen atoms in total. The summed E-state index contributed by atoms with van der Waals surface area (Å²) < 4.78 is 2.40. The molecular formula is C21H24N6O5. The third kappa shape index (κ3) is 3.59. The molecule has 1 fully saturated rings. The number of aromatic amines is 1. The Kier molecular flexibility index (Phi) is 5.41. The van der Waals surface area contributed by atoms with Gasteiger partial charge >= 0.3 is 5.69 Å². The van der Waals surface area contributed by atoms with Gasteiger partial charge in [0.05, 0.1) is 10.8 Å². The molecule has 0 bridgehead atoms. The Morgan fingerprint density at radius 1 is 1.16 bits per heavy atom. The van der Waals surface area contributed by atoms with Gasteiger partial charge in [0.15, 0.2) is 5.65 Å². The monoisotopic (exact) mass is 440 g/mol. The van der Waals surface area contributed by atoms with Crippen LogP contribution in [0.5, 0.6) is 0 Å². The van der Waals surface area contributed by atoms with Gasteiger partial charge in [0.25, 0.3) is 11.2 Å². The van der Waals surface area contributed by atoms with Crippen LogP contribution < -0.4 is 11.2 Å². The van der Waals surface area contributed by atoms with Crippen molar-refractivity contribution >= 4 is 22.8 Å². The third-order valence-corrected chi connectivity index (χ3v) is 6.28. The van der Waals surface area contributed by atoms with E-state index in [9.17, 15) is 24.5 Å². The molecule has 0 aliphatic carbocycles. The highest BCUT2D eigenvalue weighted by Crippen LogP contribution is 2.29. The van der Waals surface area contributed by atoms with Crippen molar-refractivity contribution in [1.29, 1.82) is 0 Å². The Morgan fingerprint density at radius 3 is 2.38 bits per heavy atom. The minimum atomic E-state index is -0.465. The molecule has 1 saturated heterocycles. The fourth-order valence-electron chi connectivity index (χ4n) is 4.21. The number of nitrogens with one attached hydrogen (secondary N) is 1. The highest BCUT2D eigenvalue weighted by molar-refractivity contribution is 5.83. The molecule has 2 aromatic heterocycles. The summed E-state index contributed by atoms with van der Waals surface area (Å²) in [6.07, 6.45) is 1.35. The number of rotatable bonds is 4. The molecule has 1 aromatic carbocycles. The van der Waals surface area contributed by atoms with Crippen LogP contribution in [-0.4, -0.2) is 47.9 Å². The minimum absolute atomic E-state index is 0.00706. The highest BCUT2D eigenvalue weighted by atomic mass is 16.6. The van der Waals surface area contributed by atoms with Gasteiger partial charge in [-0.15, -0.1) is 0 Å². The SMILES string of the molecule is CC(C(=O)N1CCC(c2nc3c([nH]2)c(=O)n(C)c(=O)n3C)CC1)c1ccc([N+](=O)[O-])cc1. The number of benzene rings is 1. The second-order valence-corrected chi connectivity index (χ2v) is 8.20. The lowest BCUT2D eigenvalue weighted by Gasteiger charge is -2.33. The number of hydrogen-bond acceptors (Lipinski definition) is 6. The molecule has 11 heteroatoms. The number of non-ortho nitro benzene ring substituents is 1. The molecular weight excluding hydrogens is 416 g/mol. The van der Waals surface area contributed by atoms with E-state index in [1.807, 2.05) is 0 Å². The van der Waals surface area contributed by atoms with E-state index < -0.39 is 22.1 Å². The van der Waals surface area contributed by atoms with E-state index in [-0.39, 0.29) is 17.5 Å². The summed E-state index contributed by atoms with van der Waals surface area (Å²) in [5.41, 5.74) is 0.519. The molecule has 1 unspecified atom stereocenters. The van der Waals surface area contributed by atoms with Gasteiger partial charge in [-0.05, 0) is 25.3 Å². The number of nitro benzene ring substituents is 1. The van der Waals surface area contributed by atoms with Crippen LogP contribution >= 0.6 is 0 Å². The molecule has 4 rings (SSSR count). The normalized spacial score (nSPS) is 15.8. The molecule has 1 aliphatic heterocycles. The molecule has 1 amide bonds. The number of piperidine rings is 1. The second kappa shape index (κ2) is 8.06. The summed E-state index contributed by atoms with van der Waals surface area (Å²) in [5, 5.41) is 10.8. The molecule has 1 N–H and O–H groups in total. The Bertz CT molecular complexity index is 1310. The van der Waals surface area contributed by atoms with Crippen molar-refractivity contribution in [1.82, 2.24) is 24.0 Å². The maximum absolute atomic E-state index is 13.0. The van der Waals surface area contributed by atoms with Crippen LogP contribution in [0.25, 0.3) is 11.2 Å². The molecule has 0 spiro atoms. The second-order valence-electron chi connectivity index (χ2n) is 8.20. The van der Waals surface area contributed by atoms with Crippen molar-refractivity contribution in [2.24, 2.45) is 14.1 Å². The maximum atomic E-state index is 13.0. The van der Waals surface area contributed by atoms with Crippen LogP contribution in [0.3, 0.4) is 0 Å². The van der Waals surface area contributed by atoms with Crippen LogP contribution in [-0.2, 0) is 18.9 Å². The Balaban J connectivity index is 1.47. The van der Waals surface area contributed by atoms with Crippen molar-refractivity contribution in [3.63, 3.8) is 0 Å². The first kappa shape index (κ1) is 21.5. The van der Waals surface area contributed by atoms with E-state index in [0.29, 0.717) is 42.9 Å². The molecule has 1 atom stereocenters. The van der Waals surface area contributed by atoms with Gasteiger partial charge in [0, 0.05) is 45.2 Å². The number of hydrogen-bond donors (Lipinski definition) is 1. The van der Waals surface area contributed by atoms with Gasteiger partial charge in [0.1, 0.15) is 11.3 Å². The van der Waals surface area contributed by atoms with Crippen LogP contribution in [0.15, 0.2) is 33.9 Å². The molecule has 3 aromatic rings. The number of aryl methyl sites for hydroxylation is 1. The standard InChI is InChI=1S/C21H24N6O5/c1-12(13-4-6-15(7-5-13)27(31)32)19(28)26-10-8-14(9-11-26)17-22-16-18(23-17)24(2)21(30)25(3)20(16)29/h4-7,12,14H,8-11H2,1-3H3,(H,22,23). The van der Waals surface area contributed by atoms with E-state index in [2.05, 4.69) is 9.97 Å². The van der Waals surface area contributed by atoms with Crippen LogP contribution in [0.1, 0.15) is 43.0 Å². The number of fused-ring (bicyclic) bond motifs is 1. The number of aromatic nitrogens is 4. The first-order chi connectivity index (χ1) is 15.2. The zero-order valence-electron chi connectivity index (χ0n) is 18.1. The number of nitro groups is 1. The van der Waals surface area contributed by atoms with E-state index in [0.717, 1.165) is 10.1 Å². The number of carbonyl (C=O) groups is 1. The van der Waals surface area contributed by atoms with Crippen molar-refractivity contribution in [2.45, 2.75) is 31.6 Å². The van der Waals surface area contributed by atoms with Crippen molar-refractivity contribution in [2.75, 3.05) is 13.1 Å². The molecule has 32 heavy (non-hydrogen) atoms. The highest BCUT2D eigenvalue weighted by Gasteiger charge is 2.29. The maximum Gasteiger partial charge on any atom is 0.332 e. The lowest BCUT2D eigenvalue weighted by molar-refractivity contribution is -0.384. The smallest absolute Gasteiger partial charge is 0.332 e. The first-order valence-electron chi connectivity index (χ1n) is 10.4. The zero-order valence-corrected chi connectivity index (χ0v) is 18.1. The number of carbonyl (C=O) groups excluding carboxylic acids is 1. The van der Waals surface area contributed by atoms with Gasteiger partial charge in [-0.2, -0.15) is 0 Å². The largest absolute Gasteiger partial charge is 0.342 e. The fraction of sp³-hybridized carbons (Fsp3) is 0.429. The lowest BCUT2D eigenvalue weighted by Crippen LogP contribution is -2.40. The zero-order chi connectivity index (χ0) is 23.2. The van der Waals surface area contributed by atoms with E-state index >= 15 is 0 Å². The van der Waals surface area contributed by atoms with Gasteiger partial charge in [-0.1, -0.05) is 12.1 Å². The topological polar surface area (TPSA) is 136 Å². The molecule has 0 saturated carbocycles. The molecule has 3 heterocycles. The minimum Gasteiger partial charge on any atom is -0.342 e. The van der Waals surface area contributed by atoms with Crippen LogP contribution in [0.2, 0.25) is 0 Å². The Morgan fingerprint density at radius 2 is 1.78 bits per heavy atom. The summed E-state index contributed by atoms with van der Waals surface area (Å²) in [4.78, 5) is 57.2. The van der Waals surface area contributed by atoms with E-state index in [4.69, 9.17) is 0 Å². The van der Waals surface area contributed by atoms with E-state index in [1.54, 1.807) is 31.0 Å². The average Bonchev–Trinajstić information content (AvgIpc) is 3.26. The molecule has 168 valence electrons. The molecule has 1 aliphatic rings. The third-order valence-electron chi connectivity index (χ3n) is 6.28. The average molecular weight is 440 g/mol. The molecule has 0 radical (unpaired) electrons. The quantitative estimate of drug-likeness (QED) is 0.481. The van der Waals surface area contributed by atoms with Crippen LogP contribution in [0.4, 0.5) is 5.69 Å². The predicted molar refractivity (Wildman–Crippen MR) is 117 cm³/mol. The van der Waals surface area contributed by atoms with Crippen molar-refractivity contribution in [3.8, 4) is 0 Å². The van der Waals surface area contributed by atoms with Gasteiger partial charge in [-0.3, -0.25) is 28.8 Å². The Hall–Kier alpha value is -3.76. The van der Waals surface area contributed by atoms with Crippen LogP contribution in [0, 0.1) is 10.1 Å². The number of nitrogens with zero attached hydrogens (tertiary/aromatic N) is 5. The number of imidazole rings is 1. The summed E-state index contributed by atoms with van der Waals surface area (Å²) >= 11 is 0.